The summed E-state index contributed by atoms with van der Waals surface area (Å²) in [6.07, 6.45) is -6.78. The highest BCUT2D eigenvalue weighted by molar-refractivity contribution is 6.30. The number of aliphatic hydroxyl groups excluding tert-OH is 1. The van der Waals surface area contributed by atoms with E-state index in [4.69, 9.17) is 11.6 Å². The second-order valence-electron chi connectivity index (χ2n) is 7.74. The van der Waals surface area contributed by atoms with Gasteiger partial charge in [-0.05, 0) is 49.4 Å². The number of alkyl halides is 3. The van der Waals surface area contributed by atoms with Crippen LogP contribution in [0.4, 0.5) is 17.6 Å². The zero-order valence-corrected chi connectivity index (χ0v) is 19.0. The van der Waals surface area contributed by atoms with Gasteiger partial charge in [0.25, 0.3) is 0 Å². The number of nitrogens with zero attached hydrogens (tertiary/aromatic N) is 6. The van der Waals surface area contributed by atoms with Crippen molar-refractivity contribution < 1.29 is 22.7 Å². The molecular weight excluding hydrogens is 492 g/mol. The van der Waals surface area contributed by atoms with Gasteiger partial charge in [-0.15, -0.1) is 10.2 Å². The number of aromatic nitrogens is 6. The van der Waals surface area contributed by atoms with Crippen molar-refractivity contribution >= 4 is 11.6 Å². The molecule has 2 aromatic heterocycles. The molecule has 1 N–H and O–H groups in total. The molecule has 184 valence electrons. The fourth-order valence-corrected chi connectivity index (χ4v) is 3.56. The average molecular weight is 511 g/mol. The maximum Gasteiger partial charge on any atom is 0.390 e. The zero-order valence-electron chi connectivity index (χ0n) is 18.2. The van der Waals surface area contributed by atoms with E-state index in [9.17, 15) is 27.5 Å². The molecule has 1 unspecified atom stereocenters. The number of hydrogen-bond donors (Lipinski definition) is 1. The first-order chi connectivity index (χ1) is 16.5. The van der Waals surface area contributed by atoms with Gasteiger partial charge in [-0.25, -0.2) is 23.5 Å². The molecule has 13 heteroatoms. The summed E-state index contributed by atoms with van der Waals surface area (Å²) in [6.45, 7) is 0.519. The number of aliphatic hydroxyl groups is 1. The Morgan fingerprint density at radius 3 is 2.46 bits per heavy atom. The van der Waals surface area contributed by atoms with Crippen LogP contribution in [-0.2, 0) is 13.1 Å². The molecule has 0 saturated carbocycles. The predicted octanol–water partition coefficient (Wildman–Crippen LogP) is 4.14. The summed E-state index contributed by atoms with van der Waals surface area (Å²) in [4.78, 5) is 17.2. The smallest absolute Gasteiger partial charge is 0.385 e. The molecule has 0 amide bonds. The number of benzene rings is 2. The van der Waals surface area contributed by atoms with Crippen molar-refractivity contribution in [2.24, 2.45) is 0 Å². The minimum Gasteiger partial charge on any atom is -0.385 e. The van der Waals surface area contributed by atoms with Gasteiger partial charge < -0.3 is 5.11 Å². The summed E-state index contributed by atoms with van der Waals surface area (Å²) in [5, 5.41) is 19.0. The van der Waals surface area contributed by atoms with Gasteiger partial charge in [0.2, 0.25) is 0 Å². The molecule has 2 heterocycles. The van der Waals surface area contributed by atoms with Gasteiger partial charge in [-0.2, -0.15) is 13.2 Å². The summed E-state index contributed by atoms with van der Waals surface area (Å²) in [6, 6.07) is 11.6. The Kier molecular flexibility index (Phi) is 6.77. The fourth-order valence-electron chi connectivity index (χ4n) is 3.43. The van der Waals surface area contributed by atoms with Crippen molar-refractivity contribution in [1.29, 1.82) is 0 Å². The van der Waals surface area contributed by atoms with E-state index >= 15 is 0 Å². The normalized spacial score (nSPS) is 12.8. The van der Waals surface area contributed by atoms with Crippen LogP contribution in [0.3, 0.4) is 0 Å². The van der Waals surface area contributed by atoms with E-state index in [1.54, 1.807) is 18.2 Å². The van der Waals surface area contributed by atoms with Crippen molar-refractivity contribution in [2.45, 2.75) is 38.7 Å². The summed E-state index contributed by atoms with van der Waals surface area (Å²) in [7, 11) is 0. The molecule has 8 nitrogen and oxygen atoms in total. The van der Waals surface area contributed by atoms with E-state index in [1.165, 1.54) is 41.9 Å². The van der Waals surface area contributed by atoms with Crippen molar-refractivity contribution in [3.63, 3.8) is 0 Å². The summed E-state index contributed by atoms with van der Waals surface area (Å²) >= 11 is 5.90. The quantitative estimate of drug-likeness (QED) is 0.377. The molecular formula is C22H19ClF4N6O2. The first-order valence-electron chi connectivity index (χ1n) is 10.4. The van der Waals surface area contributed by atoms with Crippen LogP contribution in [0.5, 0.6) is 0 Å². The molecule has 4 aromatic rings. The third-order valence-electron chi connectivity index (χ3n) is 5.04. The first kappa shape index (κ1) is 24.6. The molecule has 1 atom stereocenters. The maximum atomic E-state index is 13.7. The molecule has 2 aromatic carbocycles. The van der Waals surface area contributed by atoms with Gasteiger partial charge in [0, 0.05) is 17.1 Å². The number of halogens is 5. The predicted molar refractivity (Wildman–Crippen MR) is 119 cm³/mol. The van der Waals surface area contributed by atoms with Gasteiger partial charge in [-0.3, -0.25) is 4.57 Å². The highest BCUT2D eigenvalue weighted by atomic mass is 35.5. The van der Waals surface area contributed by atoms with Crippen molar-refractivity contribution in [1.82, 2.24) is 29.1 Å². The van der Waals surface area contributed by atoms with Gasteiger partial charge >= 0.3 is 11.9 Å². The largest absolute Gasteiger partial charge is 0.390 e. The van der Waals surface area contributed by atoms with E-state index in [0.29, 0.717) is 16.3 Å². The Morgan fingerprint density at radius 1 is 1.11 bits per heavy atom. The molecule has 0 aliphatic rings. The Balaban J connectivity index is 1.74. The van der Waals surface area contributed by atoms with Crippen LogP contribution in [-0.4, -0.2) is 40.4 Å². The van der Waals surface area contributed by atoms with E-state index in [0.717, 1.165) is 9.25 Å². The molecule has 4 rings (SSSR count). The minimum atomic E-state index is -4.48. The van der Waals surface area contributed by atoms with Gasteiger partial charge in [0.15, 0.2) is 17.5 Å². The van der Waals surface area contributed by atoms with Crippen LogP contribution in [0, 0.1) is 5.82 Å². The van der Waals surface area contributed by atoms with Crippen LogP contribution in [0.1, 0.15) is 31.1 Å². The number of hydrogen-bond acceptors (Lipinski definition) is 5. The fraction of sp³-hybridized carbons (Fsp3) is 0.273. The summed E-state index contributed by atoms with van der Waals surface area (Å²) in [5.74, 6) is -0.358. The lowest BCUT2D eigenvalue weighted by molar-refractivity contribution is -0.136. The van der Waals surface area contributed by atoms with Crippen molar-refractivity contribution in [2.75, 3.05) is 0 Å². The lowest BCUT2D eigenvalue weighted by atomic mass is 10.2. The van der Waals surface area contributed by atoms with Gasteiger partial charge in [-0.1, -0.05) is 17.7 Å². The Hall–Kier alpha value is -3.51. The van der Waals surface area contributed by atoms with Crippen LogP contribution in [0.2, 0.25) is 5.02 Å². The Labute approximate surface area is 201 Å². The molecule has 0 radical (unpaired) electrons. The standard InChI is InChI=1S/C22H19ClF4N6O2/c1-13(34)19-28-18(29-33(19)17-4-2-3-16(24)11-17)12-32-21(35)31(10-9-22(25,26)27)20(30-32)14-5-7-15(23)8-6-14/h2-8,11,13,34H,9-10,12H2,1H3. The van der Waals surface area contributed by atoms with E-state index in [-0.39, 0.29) is 24.0 Å². The Bertz CT molecular complexity index is 1390. The van der Waals surface area contributed by atoms with E-state index < -0.39 is 36.8 Å². The second-order valence-corrected chi connectivity index (χ2v) is 8.18. The molecule has 0 aliphatic heterocycles. The van der Waals surface area contributed by atoms with Gasteiger partial charge in [0.05, 0.1) is 12.1 Å². The SMILES string of the molecule is CC(O)c1nc(Cn2nc(-c3ccc(Cl)cc3)n(CCC(F)(F)F)c2=O)nn1-c1cccc(F)c1. The van der Waals surface area contributed by atoms with Gasteiger partial charge in [0.1, 0.15) is 18.5 Å². The van der Waals surface area contributed by atoms with E-state index in [2.05, 4.69) is 15.2 Å². The highest BCUT2D eigenvalue weighted by Gasteiger charge is 2.29. The average Bonchev–Trinajstić information content (AvgIpc) is 3.34. The zero-order chi connectivity index (χ0) is 25.3. The lowest BCUT2D eigenvalue weighted by Crippen LogP contribution is -2.27. The third-order valence-corrected chi connectivity index (χ3v) is 5.29. The third kappa shape index (κ3) is 5.60. The van der Waals surface area contributed by atoms with Crippen molar-refractivity contribution in [3.8, 4) is 17.1 Å². The Morgan fingerprint density at radius 2 is 1.83 bits per heavy atom. The second kappa shape index (κ2) is 9.62. The molecule has 0 fully saturated rings. The topological polar surface area (TPSA) is 90.8 Å². The number of rotatable bonds is 7. The monoisotopic (exact) mass is 510 g/mol. The molecule has 35 heavy (non-hydrogen) atoms. The maximum absolute atomic E-state index is 13.7. The molecule has 0 bridgehead atoms. The summed E-state index contributed by atoms with van der Waals surface area (Å²) < 4.78 is 55.5. The lowest BCUT2D eigenvalue weighted by Gasteiger charge is -2.08. The summed E-state index contributed by atoms with van der Waals surface area (Å²) in [5.41, 5.74) is -0.0974. The minimum absolute atomic E-state index is 0.0243. The molecule has 0 saturated heterocycles. The van der Waals surface area contributed by atoms with E-state index in [1.807, 2.05) is 0 Å². The first-order valence-corrected chi connectivity index (χ1v) is 10.8. The van der Waals surface area contributed by atoms with Crippen molar-refractivity contribution in [3.05, 3.63) is 81.5 Å². The highest BCUT2D eigenvalue weighted by Crippen LogP contribution is 2.24. The van der Waals surface area contributed by atoms with Crippen LogP contribution in [0.15, 0.2) is 53.3 Å². The molecule has 0 spiro atoms. The van der Waals surface area contributed by atoms with Crippen LogP contribution in [0.25, 0.3) is 17.1 Å². The van der Waals surface area contributed by atoms with Crippen LogP contribution < -0.4 is 5.69 Å². The molecule has 0 aliphatic carbocycles. The van der Waals surface area contributed by atoms with Crippen LogP contribution >= 0.6 is 11.6 Å².